The van der Waals surface area contributed by atoms with E-state index >= 15 is 0 Å². The van der Waals surface area contributed by atoms with Gasteiger partial charge in [0.25, 0.3) is 0 Å². The van der Waals surface area contributed by atoms with E-state index in [2.05, 4.69) is 11.8 Å². The van der Waals surface area contributed by atoms with E-state index in [1.165, 1.54) is 6.07 Å². The number of rotatable bonds is 5. The van der Waals surface area contributed by atoms with Gasteiger partial charge in [0.05, 0.1) is 10.6 Å². The zero-order valence-corrected chi connectivity index (χ0v) is 12.5. The molecular weight excluding hydrogens is 274 g/mol. The maximum atomic E-state index is 12.3. The number of nitrogens with two attached hydrogens (primary N) is 1. The van der Waals surface area contributed by atoms with Crippen LogP contribution in [0.4, 0.5) is 0 Å². The monoisotopic (exact) mass is 295 g/mol. The van der Waals surface area contributed by atoms with Gasteiger partial charge in [0, 0.05) is 18.7 Å². The smallest absolute Gasteiger partial charge is 0.179 e. The number of likely N-dealkylation sites (tertiary alicyclic amines) is 1. The van der Waals surface area contributed by atoms with Gasteiger partial charge in [0.2, 0.25) is 0 Å². The molecule has 1 saturated heterocycles. The molecular formula is C14H21N3O2S. The lowest BCUT2D eigenvalue weighted by atomic mass is 10.2. The fourth-order valence-electron chi connectivity index (χ4n) is 2.45. The van der Waals surface area contributed by atoms with Crippen molar-refractivity contribution in [2.75, 3.05) is 25.4 Å². The molecule has 6 heteroatoms. The molecule has 3 N–H and O–H groups in total. The molecule has 110 valence electrons. The molecule has 1 aliphatic heterocycles. The van der Waals surface area contributed by atoms with Crippen molar-refractivity contribution in [3.05, 3.63) is 29.8 Å². The van der Waals surface area contributed by atoms with Crippen molar-refractivity contribution >= 4 is 15.7 Å². The summed E-state index contributed by atoms with van der Waals surface area (Å²) in [7, 11) is -3.32. The third-order valence-electron chi connectivity index (χ3n) is 3.69. The Balaban J connectivity index is 2.06. The first kappa shape index (κ1) is 15.0. The highest BCUT2D eigenvalue weighted by Crippen LogP contribution is 2.17. The molecule has 1 aliphatic rings. The molecule has 5 nitrogen and oxygen atoms in total. The van der Waals surface area contributed by atoms with Gasteiger partial charge < -0.3 is 10.6 Å². The van der Waals surface area contributed by atoms with Crippen LogP contribution >= 0.6 is 0 Å². The second kappa shape index (κ2) is 5.93. The number of nitrogen functional groups attached to an aromatic ring is 1. The molecule has 2 rings (SSSR count). The Labute approximate surface area is 120 Å². The van der Waals surface area contributed by atoms with E-state index in [9.17, 15) is 8.42 Å². The van der Waals surface area contributed by atoms with Gasteiger partial charge in [-0.15, -0.1) is 0 Å². The summed E-state index contributed by atoms with van der Waals surface area (Å²) < 4.78 is 24.6. The quantitative estimate of drug-likeness (QED) is 0.629. The molecule has 20 heavy (non-hydrogen) atoms. The minimum absolute atomic E-state index is 0.112. The van der Waals surface area contributed by atoms with Crippen LogP contribution in [0.15, 0.2) is 29.2 Å². The lowest BCUT2D eigenvalue weighted by molar-refractivity contribution is 0.347. The predicted molar refractivity (Wildman–Crippen MR) is 79.7 cm³/mol. The average molecular weight is 295 g/mol. The molecule has 0 aliphatic carbocycles. The molecule has 0 amide bonds. The molecule has 0 radical (unpaired) electrons. The fourth-order valence-corrected chi connectivity index (χ4v) is 3.78. The van der Waals surface area contributed by atoms with Gasteiger partial charge in [-0.25, -0.2) is 8.42 Å². The van der Waals surface area contributed by atoms with Crippen LogP contribution in [-0.4, -0.2) is 44.5 Å². The van der Waals surface area contributed by atoms with Crippen molar-refractivity contribution in [1.29, 1.82) is 5.41 Å². The second-order valence-corrected chi connectivity index (χ2v) is 7.56. The van der Waals surface area contributed by atoms with Crippen LogP contribution in [0, 0.1) is 11.3 Å². The lowest BCUT2D eigenvalue weighted by Gasteiger charge is -2.15. The topological polar surface area (TPSA) is 87.2 Å². The van der Waals surface area contributed by atoms with Crippen molar-refractivity contribution in [3.8, 4) is 0 Å². The van der Waals surface area contributed by atoms with E-state index in [1.807, 2.05) is 0 Å². The van der Waals surface area contributed by atoms with Crippen LogP contribution < -0.4 is 5.73 Å². The van der Waals surface area contributed by atoms with Crippen molar-refractivity contribution in [2.45, 2.75) is 18.2 Å². The van der Waals surface area contributed by atoms with Crippen LogP contribution in [0.25, 0.3) is 0 Å². The minimum Gasteiger partial charge on any atom is -0.384 e. The summed E-state index contributed by atoms with van der Waals surface area (Å²) in [4.78, 5) is 2.44. The number of amidine groups is 1. The third kappa shape index (κ3) is 3.58. The molecule has 1 unspecified atom stereocenters. The molecule has 0 saturated carbocycles. The number of nitrogens with zero attached hydrogens (tertiary/aromatic N) is 1. The Kier molecular flexibility index (Phi) is 4.45. The Morgan fingerprint density at radius 2 is 2.25 bits per heavy atom. The fraction of sp³-hybridized carbons (Fsp3) is 0.500. The summed E-state index contributed by atoms with van der Waals surface area (Å²) >= 11 is 0. The maximum absolute atomic E-state index is 12.3. The van der Waals surface area contributed by atoms with Crippen LogP contribution in [0.5, 0.6) is 0 Å². The summed E-state index contributed by atoms with van der Waals surface area (Å²) in [6.45, 7) is 4.70. The Hall–Kier alpha value is -1.40. The molecule has 0 bridgehead atoms. The molecule has 1 fully saturated rings. The Bertz CT molecular complexity index is 598. The minimum atomic E-state index is -3.32. The molecule has 1 atom stereocenters. The van der Waals surface area contributed by atoms with Gasteiger partial charge in [0.15, 0.2) is 9.84 Å². The van der Waals surface area contributed by atoms with Crippen molar-refractivity contribution < 1.29 is 8.42 Å². The summed E-state index contributed by atoms with van der Waals surface area (Å²) in [5.41, 5.74) is 5.84. The first-order valence-electron chi connectivity index (χ1n) is 6.78. The zero-order chi connectivity index (χ0) is 14.8. The van der Waals surface area contributed by atoms with Crippen LogP contribution in [0.1, 0.15) is 18.9 Å². The zero-order valence-electron chi connectivity index (χ0n) is 11.7. The van der Waals surface area contributed by atoms with Crippen LogP contribution in [-0.2, 0) is 9.84 Å². The third-order valence-corrected chi connectivity index (χ3v) is 5.38. The van der Waals surface area contributed by atoms with E-state index < -0.39 is 9.84 Å². The Morgan fingerprint density at radius 1 is 1.50 bits per heavy atom. The summed E-state index contributed by atoms with van der Waals surface area (Å²) in [6, 6.07) is 6.31. The van der Waals surface area contributed by atoms with E-state index in [1.54, 1.807) is 18.2 Å². The molecule has 0 spiro atoms. The van der Waals surface area contributed by atoms with Crippen molar-refractivity contribution in [3.63, 3.8) is 0 Å². The molecule has 0 aromatic heterocycles. The Morgan fingerprint density at radius 3 is 2.85 bits per heavy atom. The van der Waals surface area contributed by atoms with Crippen LogP contribution in [0.3, 0.4) is 0 Å². The standard InChI is InChI=1S/C14H21N3O2S/c1-11-5-6-17(10-11)7-8-20(18,19)13-4-2-3-12(9-13)14(15)16/h2-4,9,11H,5-8,10H2,1H3,(H3,15,16). The molecule has 1 aromatic carbocycles. The van der Waals surface area contributed by atoms with Gasteiger partial charge in [-0.2, -0.15) is 0 Å². The van der Waals surface area contributed by atoms with Crippen molar-refractivity contribution in [2.24, 2.45) is 11.7 Å². The first-order chi connectivity index (χ1) is 9.38. The first-order valence-corrected chi connectivity index (χ1v) is 8.43. The highest BCUT2D eigenvalue weighted by atomic mass is 32.2. The predicted octanol–water partition coefficient (Wildman–Crippen LogP) is 1.09. The number of nitrogens with one attached hydrogen (secondary N) is 1. The number of hydrogen-bond acceptors (Lipinski definition) is 4. The SMILES string of the molecule is CC1CCN(CCS(=O)(=O)c2cccc(C(=N)N)c2)C1. The number of benzene rings is 1. The highest BCUT2D eigenvalue weighted by Gasteiger charge is 2.22. The van der Waals surface area contributed by atoms with Crippen LogP contribution in [0.2, 0.25) is 0 Å². The van der Waals surface area contributed by atoms with Gasteiger partial charge in [-0.1, -0.05) is 19.1 Å². The van der Waals surface area contributed by atoms with Gasteiger partial charge in [0.1, 0.15) is 5.84 Å². The number of sulfone groups is 1. The summed E-state index contributed by atoms with van der Waals surface area (Å²) in [6.07, 6.45) is 1.14. The highest BCUT2D eigenvalue weighted by molar-refractivity contribution is 7.91. The van der Waals surface area contributed by atoms with Gasteiger partial charge in [-0.3, -0.25) is 5.41 Å². The summed E-state index contributed by atoms with van der Waals surface area (Å²) in [5.74, 6) is 0.648. The maximum Gasteiger partial charge on any atom is 0.179 e. The summed E-state index contributed by atoms with van der Waals surface area (Å²) in [5, 5.41) is 7.37. The average Bonchev–Trinajstić information content (AvgIpc) is 2.82. The lowest BCUT2D eigenvalue weighted by Crippen LogP contribution is -2.27. The van der Waals surface area contributed by atoms with E-state index in [-0.39, 0.29) is 16.5 Å². The number of hydrogen-bond donors (Lipinski definition) is 2. The molecule has 1 aromatic rings. The van der Waals surface area contributed by atoms with Gasteiger partial charge in [-0.05, 0) is 31.0 Å². The van der Waals surface area contributed by atoms with Gasteiger partial charge >= 0.3 is 0 Å². The van der Waals surface area contributed by atoms with E-state index in [0.717, 1.165) is 19.5 Å². The second-order valence-electron chi connectivity index (χ2n) is 5.45. The van der Waals surface area contributed by atoms with E-state index in [4.69, 9.17) is 11.1 Å². The largest absolute Gasteiger partial charge is 0.384 e. The van der Waals surface area contributed by atoms with E-state index in [0.29, 0.717) is 18.0 Å². The molecule has 1 heterocycles. The van der Waals surface area contributed by atoms with Crippen molar-refractivity contribution in [1.82, 2.24) is 4.90 Å². The normalized spacial score (nSPS) is 20.1.